The number of carbonyl (C=O) groups excluding carboxylic acids is 1. The summed E-state index contributed by atoms with van der Waals surface area (Å²) >= 11 is 11.7. The molecule has 1 aromatic heterocycles. The maximum Gasteiger partial charge on any atom is 0.253 e. The number of pyridine rings is 1. The molecule has 3 rings (SSSR count). The van der Waals surface area contributed by atoms with Gasteiger partial charge in [-0.25, -0.2) is 4.98 Å². The van der Waals surface area contributed by atoms with Gasteiger partial charge in [-0.2, -0.15) is 0 Å². The van der Waals surface area contributed by atoms with Crippen LogP contribution in [-0.4, -0.2) is 10.9 Å². The van der Waals surface area contributed by atoms with Crippen molar-refractivity contribution in [3.8, 4) is 0 Å². The van der Waals surface area contributed by atoms with Crippen LogP contribution < -0.4 is 5.32 Å². The lowest BCUT2D eigenvalue weighted by Crippen LogP contribution is -2.30. The zero-order chi connectivity index (χ0) is 14.8. The van der Waals surface area contributed by atoms with Crippen molar-refractivity contribution in [3.05, 3.63) is 63.9 Å². The van der Waals surface area contributed by atoms with E-state index in [-0.39, 0.29) is 22.1 Å². The highest BCUT2D eigenvalue weighted by molar-refractivity contribution is 6.41. The third-order valence-corrected chi connectivity index (χ3v) is 4.28. The first-order chi connectivity index (χ1) is 10.1. The summed E-state index contributed by atoms with van der Waals surface area (Å²) in [6.45, 7) is 0. The van der Waals surface area contributed by atoms with E-state index in [1.807, 2.05) is 30.3 Å². The van der Waals surface area contributed by atoms with Gasteiger partial charge in [0.25, 0.3) is 5.91 Å². The topological polar surface area (TPSA) is 42.0 Å². The number of benzene rings is 1. The number of carbonyl (C=O) groups is 1. The van der Waals surface area contributed by atoms with Gasteiger partial charge >= 0.3 is 0 Å². The zero-order valence-corrected chi connectivity index (χ0v) is 12.7. The molecule has 3 nitrogen and oxygen atoms in total. The molecular weight excluding hydrogens is 307 g/mol. The van der Waals surface area contributed by atoms with Gasteiger partial charge in [-0.15, -0.1) is 0 Å². The summed E-state index contributed by atoms with van der Waals surface area (Å²) in [4.78, 5) is 16.3. The Hall–Kier alpha value is -1.58. The number of rotatable bonds is 4. The number of nitrogens with zero attached hydrogens (tertiary/aromatic N) is 1. The summed E-state index contributed by atoms with van der Waals surface area (Å²) < 4.78 is 0. The minimum atomic E-state index is -0.179. The van der Waals surface area contributed by atoms with Crippen LogP contribution in [0.15, 0.2) is 42.6 Å². The molecule has 1 N–H and O–H groups in total. The molecule has 1 heterocycles. The quantitative estimate of drug-likeness (QED) is 0.855. The molecular formula is C16H14Cl2N2O. The van der Waals surface area contributed by atoms with E-state index >= 15 is 0 Å². The summed E-state index contributed by atoms with van der Waals surface area (Å²) in [6, 6.07) is 11.6. The predicted octanol–water partition coefficient (Wildman–Crippen LogP) is 4.27. The van der Waals surface area contributed by atoms with Crippen molar-refractivity contribution < 1.29 is 4.79 Å². The summed E-state index contributed by atoms with van der Waals surface area (Å²) in [5.74, 6) is 0.328. The molecule has 0 bridgehead atoms. The van der Waals surface area contributed by atoms with E-state index in [0.717, 1.165) is 18.4 Å². The smallest absolute Gasteiger partial charge is 0.253 e. The molecule has 0 spiro atoms. The monoisotopic (exact) mass is 320 g/mol. The average molecular weight is 321 g/mol. The minimum Gasteiger partial charge on any atom is -0.345 e. The number of hydrogen-bond donors (Lipinski definition) is 1. The van der Waals surface area contributed by atoms with Crippen molar-refractivity contribution >= 4 is 29.1 Å². The lowest BCUT2D eigenvalue weighted by atomic mass is 10.0. The standard InChI is InChI=1S/C16H14Cl2N2O/c17-13-8-12(9-19-15(13)18)16(21)20-14(11-6-7-11)10-4-2-1-3-5-10/h1-5,8-9,11,14H,6-7H2,(H,20,21). The third kappa shape index (κ3) is 3.36. The molecule has 1 fully saturated rings. The molecule has 0 radical (unpaired) electrons. The van der Waals surface area contributed by atoms with Gasteiger partial charge < -0.3 is 5.32 Å². The highest BCUT2D eigenvalue weighted by Gasteiger charge is 2.33. The van der Waals surface area contributed by atoms with Gasteiger partial charge in [-0.1, -0.05) is 53.5 Å². The molecule has 1 atom stereocenters. The molecule has 1 aromatic carbocycles. The van der Waals surface area contributed by atoms with E-state index in [1.165, 1.54) is 6.20 Å². The Morgan fingerprint density at radius 3 is 2.57 bits per heavy atom. The highest BCUT2D eigenvalue weighted by atomic mass is 35.5. The zero-order valence-electron chi connectivity index (χ0n) is 11.2. The molecule has 5 heteroatoms. The summed E-state index contributed by atoms with van der Waals surface area (Å²) in [5, 5.41) is 3.57. The van der Waals surface area contributed by atoms with Crippen LogP contribution in [0.25, 0.3) is 0 Å². The third-order valence-electron chi connectivity index (χ3n) is 3.60. The van der Waals surface area contributed by atoms with Crippen LogP contribution in [0.4, 0.5) is 0 Å². The van der Waals surface area contributed by atoms with Gasteiger partial charge in [0.15, 0.2) is 0 Å². The molecule has 1 aliphatic rings. The number of aromatic nitrogens is 1. The molecule has 1 unspecified atom stereocenters. The van der Waals surface area contributed by atoms with Gasteiger partial charge in [-0.3, -0.25) is 4.79 Å². The summed E-state index contributed by atoms with van der Waals surface area (Å²) in [5.41, 5.74) is 1.55. The molecule has 108 valence electrons. The Bertz CT molecular complexity index is 657. The fourth-order valence-electron chi connectivity index (χ4n) is 2.33. The Morgan fingerprint density at radius 1 is 1.24 bits per heavy atom. The molecule has 1 aliphatic carbocycles. The second kappa shape index (κ2) is 6.04. The van der Waals surface area contributed by atoms with E-state index in [2.05, 4.69) is 10.3 Å². The van der Waals surface area contributed by atoms with Crippen LogP contribution in [0.1, 0.15) is 34.8 Å². The van der Waals surface area contributed by atoms with Crippen molar-refractivity contribution in [2.45, 2.75) is 18.9 Å². The van der Waals surface area contributed by atoms with E-state index < -0.39 is 0 Å². The van der Waals surface area contributed by atoms with Crippen molar-refractivity contribution in [1.29, 1.82) is 0 Å². The lowest BCUT2D eigenvalue weighted by molar-refractivity contribution is 0.0931. The van der Waals surface area contributed by atoms with Crippen LogP contribution in [0, 0.1) is 5.92 Å². The molecule has 21 heavy (non-hydrogen) atoms. The first kappa shape index (κ1) is 14.4. The predicted molar refractivity (Wildman–Crippen MR) is 83.6 cm³/mol. The van der Waals surface area contributed by atoms with Crippen molar-refractivity contribution in [2.24, 2.45) is 5.92 Å². The van der Waals surface area contributed by atoms with E-state index in [4.69, 9.17) is 23.2 Å². The van der Waals surface area contributed by atoms with Gasteiger partial charge in [0, 0.05) is 6.20 Å². The summed E-state index contributed by atoms with van der Waals surface area (Å²) in [7, 11) is 0. The molecule has 0 aliphatic heterocycles. The molecule has 1 saturated carbocycles. The van der Waals surface area contributed by atoms with Crippen LogP contribution in [0.3, 0.4) is 0 Å². The Labute approximate surface area is 133 Å². The van der Waals surface area contributed by atoms with Gasteiger partial charge in [-0.05, 0) is 30.4 Å². The van der Waals surface area contributed by atoms with E-state index in [0.29, 0.717) is 11.5 Å². The number of amides is 1. The van der Waals surface area contributed by atoms with Crippen LogP contribution >= 0.6 is 23.2 Å². The van der Waals surface area contributed by atoms with E-state index in [1.54, 1.807) is 6.07 Å². The van der Waals surface area contributed by atoms with Crippen molar-refractivity contribution in [1.82, 2.24) is 10.3 Å². The van der Waals surface area contributed by atoms with E-state index in [9.17, 15) is 4.79 Å². The van der Waals surface area contributed by atoms with Crippen LogP contribution in [0.5, 0.6) is 0 Å². The molecule has 2 aromatic rings. The Kier molecular flexibility index (Phi) is 4.13. The van der Waals surface area contributed by atoms with Crippen LogP contribution in [-0.2, 0) is 0 Å². The average Bonchev–Trinajstić information content (AvgIpc) is 3.33. The molecule has 1 amide bonds. The fraction of sp³-hybridized carbons (Fsp3) is 0.250. The van der Waals surface area contributed by atoms with Gasteiger partial charge in [0.05, 0.1) is 16.6 Å². The lowest BCUT2D eigenvalue weighted by Gasteiger charge is -2.18. The summed E-state index contributed by atoms with van der Waals surface area (Å²) in [6.07, 6.45) is 3.72. The minimum absolute atomic E-state index is 0.0353. The number of hydrogen-bond acceptors (Lipinski definition) is 2. The van der Waals surface area contributed by atoms with Crippen molar-refractivity contribution in [3.63, 3.8) is 0 Å². The molecule has 0 saturated heterocycles. The second-order valence-electron chi connectivity index (χ2n) is 5.20. The van der Waals surface area contributed by atoms with Crippen LogP contribution in [0.2, 0.25) is 10.2 Å². The highest BCUT2D eigenvalue weighted by Crippen LogP contribution is 2.41. The fourth-order valence-corrected chi connectivity index (χ4v) is 2.60. The largest absolute Gasteiger partial charge is 0.345 e. The second-order valence-corrected chi connectivity index (χ2v) is 5.96. The Morgan fingerprint density at radius 2 is 1.95 bits per heavy atom. The maximum absolute atomic E-state index is 12.4. The normalized spacial score (nSPS) is 15.5. The SMILES string of the molecule is O=C(NC(c1ccccc1)C1CC1)c1cnc(Cl)c(Cl)c1. The maximum atomic E-state index is 12.4. The van der Waals surface area contributed by atoms with Crippen molar-refractivity contribution in [2.75, 3.05) is 0 Å². The van der Waals surface area contributed by atoms with Gasteiger partial charge in [0.1, 0.15) is 5.15 Å². The van der Waals surface area contributed by atoms with Gasteiger partial charge in [0.2, 0.25) is 0 Å². The first-order valence-electron chi connectivity index (χ1n) is 6.82. The Balaban J connectivity index is 1.79. The number of nitrogens with one attached hydrogen (secondary N) is 1. The first-order valence-corrected chi connectivity index (χ1v) is 7.57. The number of halogens is 2.